The molecule has 0 aromatic heterocycles. The Labute approximate surface area is 148 Å². The molecule has 2 rings (SSSR count). The zero-order valence-corrected chi connectivity index (χ0v) is 15.1. The summed E-state index contributed by atoms with van der Waals surface area (Å²) in [5.74, 6) is 1.92. The molecule has 5 heteroatoms. The maximum Gasteiger partial charge on any atom is 0.261 e. The number of nitrogens with one attached hydrogen (secondary N) is 1. The van der Waals surface area contributed by atoms with Crippen molar-refractivity contribution in [3.8, 4) is 17.2 Å². The van der Waals surface area contributed by atoms with Crippen molar-refractivity contribution >= 4 is 5.91 Å². The van der Waals surface area contributed by atoms with Crippen LogP contribution in [0.4, 0.5) is 0 Å². The first-order chi connectivity index (χ1) is 12.1. The van der Waals surface area contributed by atoms with Crippen molar-refractivity contribution in [1.29, 1.82) is 0 Å². The Morgan fingerprint density at radius 3 is 2.24 bits per heavy atom. The summed E-state index contributed by atoms with van der Waals surface area (Å²) in [4.78, 5) is 12.5. The number of carbonyl (C=O) groups excluding carboxylic acids is 1. The molecule has 0 bridgehead atoms. The quantitative estimate of drug-likeness (QED) is 0.793. The maximum absolute atomic E-state index is 12.5. The van der Waals surface area contributed by atoms with Gasteiger partial charge in [-0.2, -0.15) is 0 Å². The third-order valence-electron chi connectivity index (χ3n) is 3.97. The Morgan fingerprint density at radius 1 is 1.00 bits per heavy atom. The average molecular weight is 343 g/mol. The highest BCUT2D eigenvalue weighted by Gasteiger charge is 2.19. The molecular formula is C20H25NO4. The standard InChI is InChI=1S/C20H25NO4/c1-5-19(15-9-11-16(23-3)12-10-15)21-20(22)14(2)25-18-8-6-7-17(13-18)24-4/h6-14,19H,5H2,1-4H3,(H,21,22)/t14-,19+/m1/s1. The first-order valence-electron chi connectivity index (χ1n) is 8.32. The highest BCUT2D eigenvalue weighted by Crippen LogP contribution is 2.22. The Balaban J connectivity index is 1.99. The summed E-state index contributed by atoms with van der Waals surface area (Å²) >= 11 is 0. The SMILES string of the molecule is CC[C@H](NC(=O)[C@@H](C)Oc1cccc(OC)c1)c1ccc(OC)cc1. The molecule has 2 aromatic carbocycles. The second-order valence-corrected chi connectivity index (χ2v) is 5.68. The lowest BCUT2D eigenvalue weighted by atomic mass is 10.0. The van der Waals surface area contributed by atoms with Crippen LogP contribution in [0.1, 0.15) is 31.9 Å². The number of methoxy groups -OCH3 is 2. The summed E-state index contributed by atoms with van der Waals surface area (Å²) in [7, 11) is 3.22. The highest BCUT2D eigenvalue weighted by atomic mass is 16.5. The molecule has 2 aromatic rings. The Hall–Kier alpha value is -2.69. The second-order valence-electron chi connectivity index (χ2n) is 5.68. The van der Waals surface area contributed by atoms with Crippen molar-refractivity contribution < 1.29 is 19.0 Å². The van der Waals surface area contributed by atoms with Gasteiger partial charge in [0.2, 0.25) is 0 Å². The fourth-order valence-corrected chi connectivity index (χ4v) is 2.48. The summed E-state index contributed by atoms with van der Waals surface area (Å²) < 4.78 is 16.1. The van der Waals surface area contributed by atoms with Crippen LogP contribution in [0.25, 0.3) is 0 Å². The molecule has 0 aliphatic carbocycles. The molecule has 0 aliphatic rings. The van der Waals surface area contributed by atoms with Gasteiger partial charge in [0.1, 0.15) is 17.2 Å². The molecule has 0 radical (unpaired) electrons. The minimum atomic E-state index is -0.612. The highest BCUT2D eigenvalue weighted by molar-refractivity contribution is 5.81. The lowest BCUT2D eigenvalue weighted by Crippen LogP contribution is -2.38. The molecule has 134 valence electrons. The van der Waals surface area contributed by atoms with Crippen molar-refractivity contribution in [3.63, 3.8) is 0 Å². The van der Waals surface area contributed by atoms with E-state index in [1.165, 1.54) is 0 Å². The fourth-order valence-electron chi connectivity index (χ4n) is 2.48. The average Bonchev–Trinajstić information content (AvgIpc) is 2.66. The van der Waals surface area contributed by atoms with E-state index in [4.69, 9.17) is 14.2 Å². The fraction of sp³-hybridized carbons (Fsp3) is 0.350. The van der Waals surface area contributed by atoms with Crippen LogP contribution in [0.3, 0.4) is 0 Å². The van der Waals surface area contributed by atoms with Gasteiger partial charge in [0.05, 0.1) is 20.3 Å². The van der Waals surface area contributed by atoms with Crippen molar-refractivity contribution in [1.82, 2.24) is 5.32 Å². The third kappa shape index (κ3) is 5.14. The van der Waals surface area contributed by atoms with Gasteiger partial charge >= 0.3 is 0 Å². The van der Waals surface area contributed by atoms with Crippen molar-refractivity contribution in [3.05, 3.63) is 54.1 Å². The summed E-state index contributed by atoms with van der Waals surface area (Å²) in [6, 6.07) is 14.8. The largest absolute Gasteiger partial charge is 0.497 e. The van der Waals surface area contributed by atoms with E-state index in [1.807, 2.05) is 43.3 Å². The van der Waals surface area contributed by atoms with E-state index in [1.54, 1.807) is 33.3 Å². The first-order valence-corrected chi connectivity index (χ1v) is 8.32. The molecular weight excluding hydrogens is 318 g/mol. The summed E-state index contributed by atoms with van der Waals surface area (Å²) in [6.07, 6.45) is 0.170. The minimum absolute atomic E-state index is 0.0743. The maximum atomic E-state index is 12.5. The van der Waals surface area contributed by atoms with Crippen LogP contribution >= 0.6 is 0 Å². The first kappa shape index (κ1) is 18.6. The molecule has 2 atom stereocenters. The van der Waals surface area contributed by atoms with Crippen LogP contribution < -0.4 is 19.5 Å². The van der Waals surface area contributed by atoms with Gasteiger partial charge in [-0.05, 0) is 43.2 Å². The molecule has 0 fully saturated rings. The number of amides is 1. The van der Waals surface area contributed by atoms with Crippen molar-refractivity contribution in [2.24, 2.45) is 0 Å². The number of ether oxygens (including phenoxy) is 3. The van der Waals surface area contributed by atoms with E-state index in [9.17, 15) is 4.79 Å². The van der Waals surface area contributed by atoms with Gasteiger partial charge < -0.3 is 19.5 Å². The number of benzene rings is 2. The van der Waals surface area contributed by atoms with E-state index in [2.05, 4.69) is 5.32 Å². The summed E-state index contributed by atoms with van der Waals surface area (Å²) in [5, 5.41) is 3.03. The summed E-state index contributed by atoms with van der Waals surface area (Å²) in [6.45, 7) is 3.76. The second kappa shape index (κ2) is 8.97. The topological polar surface area (TPSA) is 56.8 Å². The van der Waals surface area contributed by atoms with E-state index in [0.29, 0.717) is 11.5 Å². The Kier molecular flexibility index (Phi) is 6.69. The molecule has 0 unspecified atom stereocenters. The van der Waals surface area contributed by atoms with E-state index >= 15 is 0 Å². The van der Waals surface area contributed by atoms with E-state index < -0.39 is 6.10 Å². The van der Waals surface area contributed by atoms with Crippen molar-refractivity contribution in [2.75, 3.05) is 14.2 Å². The zero-order chi connectivity index (χ0) is 18.2. The van der Waals surface area contributed by atoms with Crippen LogP contribution in [-0.2, 0) is 4.79 Å². The number of hydrogen-bond acceptors (Lipinski definition) is 4. The number of carbonyl (C=O) groups is 1. The number of rotatable bonds is 8. The van der Waals surface area contributed by atoms with Gasteiger partial charge in [-0.15, -0.1) is 0 Å². The molecule has 25 heavy (non-hydrogen) atoms. The molecule has 0 spiro atoms. The molecule has 1 amide bonds. The Bertz CT molecular complexity index is 684. The molecule has 0 heterocycles. The lowest BCUT2D eigenvalue weighted by Gasteiger charge is -2.21. The van der Waals surface area contributed by atoms with E-state index in [0.717, 1.165) is 17.7 Å². The zero-order valence-electron chi connectivity index (χ0n) is 15.1. The van der Waals surface area contributed by atoms with Crippen LogP contribution in [0, 0.1) is 0 Å². The molecule has 1 N–H and O–H groups in total. The van der Waals surface area contributed by atoms with Gasteiger partial charge in [-0.25, -0.2) is 0 Å². The van der Waals surface area contributed by atoms with E-state index in [-0.39, 0.29) is 11.9 Å². The molecule has 0 aliphatic heterocycles. The van der Waals surface area contributed by atoms with Gasteiger partial charge in [-0.1, -0.05) is 25.1 Å². The lowest BCUT2D eigenvalue weighted by molar-refractivity contribution is -0.128. The van der Waals surface area contributed by atoms with Crippen LogP contribution in [0.2, 0.25) is 0 Å². The third-order valence-corrected chi connectivity index (χ3v) is 3.97. The van der Waals surface area contributed by atoms with Crippen LogP contribution in [-0.4, -0.2) is 26.2 Å². The Morgan fingerprint density at radius 2 is 1.64 bits per heavy atom. The normalized spacial score (nSPS) is 12.8. The van der Waals surface area contributed by atoms with Gasteiger partial charge in [0.15, 0.2) is 6.10 Å². The number of hydrogen-bond donors (Lipinski definition) is 1. The molecule has 0 saturated carbocycles. The van der Waals surface area contributed by atoms with Gasteiger partial charge in [-0.3, -0.25) is 4.79 Å². The van der Waals surface area contributed by atoms with Crippen LogP contribution in [0.15, 0.2) is 48.5 Å². The monoisotopic (exact) mass is 343 g/mol. The smallest absolute Gasteiger partial charge is 0.261 e. The predicted molar refractivity (Wildman–Crippen MR) is 97.3 cm³/mol. The molecule has 0 saturated heterocycles. The van der Waals surface area contributed by atoms with Crippen molar-refractivity contribution in [2.45, 2.75) is 32.4 Å². The van der Waals surface area contributed by atoms with Crippen LogP contribution in [0.5, 0.6) is 17.2 Å². The molecule has 5 nitrogen and oxygen atoms in total. The van der Waals surface area contributed by atoms with Gasteiger partial charge in [0.25, 0.3) is 5.91 Å². The minimum Gasteiger partial charge on any atom is -0.497 e. The van der Waals surface area contributed by atoms with Gasteiger partial charge in [0, 0.05) is 6.07 Å². The summed E-state index contributed by atoms with van der Waals surface area (Å²) in [5.41, 5.74) is 1.03. The predicted octanol–water partition coefficient (Wildman–Crippen LogP) is 3.74.